The van der Waals surface area contributed by atoms with Gasteiger partial charge < -0.3 is 25.7 Å². The lowest BCUT2D eigenvalue weighted by Gasteiger charge is -2.36. The van der Waals surface area contributed by atoms with Gasteiger partial charge in [0.2, 0.25) is 5.91 Å². The number of phenolic OH excluding ortho intramolecular Hbond substituents is 1. The summed E-state index contributed by atoms with van der Waals surface area (Å²) in [5, 5.41) is 27.7. The van der Waals surface area contributed by atoms with Crippen molar-refractivity contribution in [1.82, 2.24) is 15.5 Å². The number of phenols is 1. The van der Waals surface area contributed by atoms with Crippen molar-refractivity contribution in [3.63, 3.8) is 0 Å². The van der Waals surface area contributed by atoms with E-state index in [1.165, 1.54) is 6.07 Å². The molecule has 4 N–H and O–H groups in total. The standard InChI is InChI=1S/C33H41N3O5S/c1-22-25(15-10-16-27(22)37)31(40)35-26(19-23-11-4-2-5-12-23)30(39)32(41)36-21-42-33(17-8-9-18-33)28(36)20-29(38)34-24-13-6-3-7-14-24/h2,4-6,10-13,15-16,24,26,28,30,37,39H,3,7-9,14,17-21H2,1H3,(H,34,38)(H,35,40)/t24-,26?,28-,30+/m1/s1. The van der Waals surface area contributed by atoms with Gasteiger partial charge >= 0.3 is 0 Å². The quantitative estimate of drug-likeness (QED) is 0.324. The Kier molecular flexibility index (Phi) is 9.58. The Hall–Kier alpha value is -3.30. The fourth-order valence-corrected chi connectivity index (χ4v) is 8.26. The molecule has 8 nitrogen and oxygen atoms in total. The number of nitrogens with zero attached hydrogens (tertiary/aromatic N) is 1. The lowest BCUT2D eigenvalue weighted by molar-refractivity contribution is -0.143. The lowest BCUT2D eigenvalue weighted by atomic mass is 9.91. The zero-order valence-electron chi connectivity index (χ0n) is 24.1. The van der Waals surface area contributed by atoms with E-state index in [1.54, 1.807) is 35.7 Å². The van der Waals surface area contributed by atoms with Crippen LogP contribution in [0.3, 0.4) is 0 Å². The minimum atomic E-state index is -1.52. The van der Waals surface area contributed by atoms with Crippen LogP contribution in [0.4, 0.5) is 0 Å². The van der Waals surface area contributed by atoms with Crippen LogP contribution in [-0.4, -0.2) is 67.7 Å². The van der Waals surface area contributed by atoms with Gasteiger partial charge in [0.05, 0.1) is 18.0 Å². The Morgan fingerprint density at radius 3 is 2.55 bits per heavy atom. The molecule has 4 atom stereocenters. The Labute approximate surface area is 252 Å². The largest absolute Gasteiger partial charge is 0.508 e. The summed E-state index contributed by atoms with van der Waals surface area (Å²) in [5.41, 5.74) is 1.56. The minimum absolute atomic E-state index is 0.000303. The summed E-state index contributed by atoms with van der Waals surface area (Å²) < 4.78 is -0.202. The number of thioether (sulfide) groups is 1. The van der Waals surface area contributed by atoms with Gasteiger partial charge in [0.15, 0.2) is 6.10 Å². The van der Waals surface area contributed by atoms with Crippen LogP contribution in [0.25, 0.3) is 0 Å². The van der Waals surface area contributed by atoms with E-state index in [0.717, 1.165) is 50.5 Å². The Bertz CT molecular complexity index is 1310. The Balaban J connectivity index is 1.37. The number of benzene rings is 2. The number of nitrogens with one attached hydrogen (secondary N) is 2. The van der Waals surface area contributed by atoms with E-state index in [-0.39, 0.29) is 46.9 Å². The predicted octanol–water partition coefficient (Wildman–Crippen LogP) is 4.23. The summed E-state index contributed by atoms with van der Waals surface area (Å²) >= 11 is 1.72. The number of rotatable bonds is 9. The van der Waals surface area contributed by atoms with E-state index < -0.39 is 24.0 Å². The first-order chi connectivity index (χ1) is 20.3. The van der Waals surface area contributed by atoms with Crippen LogP contribution >= 0.6 is 11.8 Å². The number of allylic oxidation sites excluding steroid dienone is 1. The second kappa shape index (κ2) is 13.3. The number of hydrogen-bond donors (Lipinski definition) is 4. The van der Waals surface area contributed by atoms with Crippen LogP contribution in [0.5, 0.6) is 5.75 Å². The average molecular weight is 592 g/mol. The summed E-state index contributed by atoms with van der Waals surface area (Å²) in [6.07, 6.45) is 10.0. The molecule has 1 unspecified atom stereocenters. The van der Waals surface area contributed by atoms with Crippen LogP contribution in [0, 0.1) is 6.92 Å². The normalized spacial score (nSPS) is 22.6. The molecule has 3 amide bonds. The predicted molar refractivity (Wildman–Crippen MR) is 164 cm³/mol. The number of aliphatic hydroxyl groups excluding tert-OH is 1. The van der Waals surface area contributed by atoms with E-state index in [1.807, 2.05) is 36.4 Å². The van der Waals surface area contributed by atoms with Crippen LogP contribution < -0.4 is 10.6 Å². The highest BCUT2D eigenvalue weighted by Gasteiger charge is 2.53. The molecular weight excluding hydrogens is 550 g/mol. The second-order valence-corrected chi connectivity index (χ2v) is 13.1. The Morgan fingerprint density at radius 1 is 1.07 bits per heavy atom. The van der Waals surface area contributed by atoms with Gasteiger partial charge in [-0.2, -0.15) is 0 Å². The molecule has 3 aliphatic rings. The number of hydrogen-bond acceptors (Lipinski definition) is 6. The highest BCUT2D eigenvalue weighted by Crippen LogP contribution is 2.52. The first-order valence-electron chi connectivity index (χ1n) is 15.0. The maximum Gasteiger partial charge on any atom is 0.254 e. The third-order valence-corrected chi connectivity index (χ3v) is 10.6. The van der Waals surface area contributed by atoms with Crippen molar-refractivity contribution >= 4 is 29.5 Å². The molecule has 224 valence electrons. The lowest BCUT2D eigenvalue weighted by Crippen LogP contribution is -2.56. The molecule has 0 bridgehead atoms. The first kappa shape index (κ1) is 30.2. The van der Waals surface area contributed by atoms with E-state index in [2.05, 4.69) is 16.7 Å². The number of aromatic hydroxyl groups is 1. The Morgan fingerprint density at radius 2 is 1.83 bits per heavy atom. The molecule has 1 saturated carbocycles. The zero-order chi connectivity index (χ0) is 29.7. The molecule has 1 spiro atoms. The van der Waals surface area contributed by atoms with Crippen molar-refractivity contribution in [2.45, 2.75) is 93.7 Å². The van der Waals surface area contributed by atoms with E-state index in [0.29, 0.717) is 11.4 Å². The molecule has 5 rings (SSSR count). The maximum atomic E-state index is 14.1. The fourth-order valence-electron chi connectivity index (χ4n) is 6.57. The summed E-state index contributed by atoms with van der Waals surface area (Å²) in [4.78, 5) is 42.3. The maximum absolute atomic E-state index is 14.1. The highest BCUT2D eigenvalue weighted by molar-refractivity contribution is 8.00. The van der Waals surface area contributed by atoms with Crippen molar-refractivity contribution in [3.05, 3.63) is 77.4 Å². The number of amides is 3. The smallest absolute Gasteiger partial charge is 0.254 e. The molecule has 2 aromatic rings. The second-order valence-electron chi connectivity index (χ2n) is 11.8. The van der Waals surface area contributed by atoms with Gasteiger partial charge in [-0.25, -0.2) is 0 Å². The first-order valence-corrected chi connectivity index (χ1v) is 16.0. The number of carbonyl (C=O) groups is 3. The summed E-state index contributed by atoms with van der Waals surface area (Å²) in [5.74, 6) is -0.633. The molecule has 2 aliphatic carbocycles. The molecule has 1 aliphatic heterocycles. The van der Waals surface area contributed by atoms with Gasteiger partial charge in [0.25, 0.3) is 11.8 Å². The molecule has 9 heteroatoms. The highest BCUT2D eigenvalue weighted by atomic mass is 32.2. The number of carbonyl (C=O) groups excluding carboxylic acids is 3. The molecular formula is C33H41N3O5S. The van der Waals surface area contributed by atoms with Crippen LogP contribution in [0.15, 0.2) is 60.7 Å². The molecule has 2 fully saturated rings. The van der Waals surface area contributed by atoms with Gasteiger partial charge in [-0.1, -0.05) is 61.4 Å². The van der Waals surface area contributed by atoms with E-state index >= 15 is 0 Å². The molecule has 42 heavy (non-hydrogen) atoms. The summed E-state index contributed by atoms with van der Waals surface area (Å²) in [7, 11) is 0. The van der Waals surface area contributed by atoms with Crippen molar-refractivity contribution in [3.8, 4) is 5.75 Å². The summed E-state index contributed by atoms with van der Waals surface area (Å²) in [6.45, 7) is 1.65. The molecule has 2 aromatic carbocycles. The third-order valence-electron chi connectivity index (χ3n) is 8.99. The molecule has 1 saturated heterocycles. The SMILES string of the molecule is Cc1c(O)cccc1C(=O)NC(Cc1ccccc1)[C@H](O)C(=O)N1CSC2(CCCC2)[C@H]1CC(=O)N[C@@H]1C=CCCC1. The van der Waals surface area contributed by atoms with Crippen LogP contribution in [-0.2, 0) is 16.0 Å². The minimum Gasteiger partial charge on any atom is -0.508 e. The van der Waals surface area contributed by atoms with Gasteiger partial charge in [-0.05, 0) is 63.1 Å². The molecule has 0 aromatic heterocycles. The van der Waals surface area contributed by atoms with E-state index in [9.17, 15) is 24.6 Å². The topological polar surface area (TPSA) is 119 Å². The molecule has 0 radical (unpaired) electrons. The van der Waals surface area contributed by atoms with Gasteiger partial charge in [0, 0.05) is 28.3 Å². The van der Waals surface area contributed by atoms with Crippen LogP contribution in [0.2, 0.25) is 0 Å². The van der Waals surface area contributed by atoms with Crippen LogP contribution in [0.1, 0.15) is 72.9 Å². The number of aliphatic hydroxyl groups is 1. The molecule has 1 heterocycles. The van der Waals surface area contributed by atoms with Crippen molar-refractivity contribution in [2.75, 3.05) is 5.88 Å². The van der Waals surface area contributed by atoms with Gasteiger partial charge in [-0.3, -0.25) is 14.4 Å². The fraction of sp³-hybridized carbons (Fsp3) is 0.485. The average Bonchev–Trinajstić information content (AvgIpc) is 3.61. The van der Waals surface area contributed by atoms with Gasteiger partial charge in [0.1, 0.15) is 5.75 Å². The van der Waals surface area contributed by atoms with E-state index in [4.69, 9.17) is 0 Å². The summed E-state index contributed by atoms with van der Waals surface area (Å²) in [6, 6.07) is 12.9. The zero-order valence-corrected chi connectivity index (χ0v) is 24.9. The van der Waals surface area contributed by atoms with Gasteiger partial charge in [-0.15, -0.1) is 11.8 Å². The monoisotopic (exact) mass is 591 g/mol. The third kappa shape index (κ3) is 6.68. The van der Waals surface area contributed by atoms with Crippen molar-refractivity contribution in [2.24, 2.45) is 0 Å². The van der Waals surface area contributed by atoms with Crippen molar-refractivity contribution < 1.29 is 24.6 Å². The van der Waals surface area contributed by atoms with Crippen molar-refractivity contribution in [1.29, 1.82) is 0 Å².